The summed E-state index contributed by atoms with van der Waals surface area (Å²) in [6.07, 6.45) is 4.04. The van der Waals surface area contributed by atoms with Gasteiger partial charge in [-0.15, -0.1) is 0 Å². The summed E-state index contributed by atoms with van der Waals surface area (Å²) in [6, 6.07) is 10.5. The van der Waals surface area contributed by atoms with Crippen LogP contribution in [0.2, 0.25) is 0 Å². The molecule has 1 aliphatic rings. The molecule has 4 heteroatoms. The normalized spacial score (nSPS) is 15.8. The molecule has 1 fully saturated rings. The summed E-state index contributed by atoms with van der Waals surface area (Å²) in [5.74, 6) is 0.0507. The van der Waals surface area contributed by atoms with Gasteiger partial charge in [-0.05, 0) is 30.9 Å². The van der Waals surface area contributed by atoms with Crippen LogP contribution < -0.4 is 0 Å². The molecule has 4 nitrogen and oxygen atoms in total. The number of hydrogen-bond acceptors (Lipinski definition) is 2. The molecule has 1 aliphatic carbocycles. The summed E-state index contributed by atoms with van der Waals surface area (Å²) >= 11 is 0. The van der Waals surface area contributed by atoms with Crippen LogP contribution in [0.15, 0.2) is 36.5 Å². The van der Waals surface area contributed by atoms with E-state index in [4.69, 9.17) is 0 Å². The Kier molecular flexibility index (Phi) is 3.32. The fourth-order valence-electron chi connectivity index (χ4n) is 3.04. The van der Waals surface area contributed by atoms with E-state index < -0.39 is 0 Å². The molecule has 0 N–H and O–H groups in total. The molecule has 2 aromatic rings. The van der Waals surface area contributed by atoms with Crippen LogP contribution in [0.4, 0.5) is 0 Å². The number of amides is 1. The van der Waals surface area contributed by atoms with Crippen molar-refractivity contribution in [1.82, 2.24) is 14.7 Å². The Morgan fingerprint density at radius 1 is 1.33 bits per heavy atom. The van der Waals surface area contributed by atoms with Gasteiger partial charge in [0.15, 0.2) is 0 Å². The van der Waals surface area contributed by atoms with Crippen LogP contribution in [0.3, 0.4) is 0 Å². The highest BCUT2D eigenvalue weighted by Gasteiger charge is 2.45. The Hall–Kier alpha value is -2.10. The average Bonchev–Trinajstić information content (AvgIpc) is 3.19. The Morgan fingerprint density at radius 3 is 2.52 bits per heavy atom. The molecule has 0 saturated heterocycles. The Morgan fingerprint density at radius 2 is 2.00 bits per heavy atom. The maximum atomic E-state index is 12.6. The predicted octanol–water partition coefficient (Wildman–Crippen LogP) is 2.53. The molecule has 1 amide bonds. The first-order valence-electron chi connectivity index (χ1n) is 7.33. The van der Waals surface area contributed by atoms with Crippen LogP contribution in [0.5, 0.6) is 0 Å². The smallest absolute Gasteiger partial charge is 0.272 e. The quantitative estimate of drug-likeness (QED) is 0.865. The van der Waals surface area contributed by atoms with E-state index >= 15 is 0 Å². The molecule has 0 radical (unpaired) electrons. The fraction of sp³-hybridized carbons (Fsp3) is 0.412. The second-order valence-electron chi connectivity index (χ2n) is 6.11. The second kappa shape index (κ2) is 5.02. The first-order chi connectivity index (χ1) is 10.0. The van der Waals surface area contributed by atoms with E-state index in [1.54, 1.807) is 10.9 Å². The molecule has 21 heavy (non-hydrogen) atoms. The third kappa shape index (κ3) is 2.46. The van der Waals surface area contributed by atoms with Crippen molar-refractivity contribution in [2.24, 2.45) is 7.05 Å². The Balaban J connectivity index is 1.78. The van der Waals surface area contributed by atoms with Crippen molar-refractivity contribution in [3.63, 3.8) is 0 Å². The van der Waals surface area contributed by atoms with Gasteiger partial charge in [-0.25, -0.2) is 0 Å². The third-order valence-electron chi connectivity index (χ3n) is 4.45. The summed E-state index contributed by atoms with van der Waals surface area (Å²) in [5, 5.41) is 4.16. The van der Waals surface area contributed by atoms with Crippen LogP contribution in [0, 0.1) is 6.92 Å². The molecular weight excluding hydrogens is 262 g/mol. The topological polar surface area (TPSA) is 38.1 Å². The molecule has 0 unspecified atom stereocenters. The van der Waals surface area contributed by atoms with E-state index in [0.29, 0.717) is 5.69 Å². The van der Waals surface area contributed by atoms with Crippen molar-refractivity contribution in [3.8, 4) is 0 Å². The lowest BCUT2D eigenvalue weighted by atomic mass is 9.95. The number of carbonyl (C=O) groups excluding carboxylic acids is 1. The number of likely N-dealkylation sites (N-methyl/N-ethyl adjacent to an activating group) is 1. The largest absolute Gasteiger partial charge is 0.339 e. The molecule has 3 rings (SSSR count). The molecule has 0 bridgehead atoms. The molecular formula is C17H21N3O. The highest BCUT2D eigenvalue weighted by atomic mass is 16.2. The van der Waals surface area contributed by atoms with E-state index in [0.717, 1.165) is 24.9 Å². The lowest BCUT2D eigenvalue weighted by Gasteiger charge is -2.24. The lowest BCUT2D eigenvalue weighted by Crippen LogP contribution is -2.35. The Labute approximate surface area is 125 Å². The maximum absolute atomic E-state index is 12.6. The van der Waals surface area contributed by atoms with E-state index in [-0.39, 0.29) is 11.3 Å². The van der Waals surface area contributed by atoms with Crippen molar-refractivity contribution >= 4 is 5.91 Å². The summed E-state index contributed by atoms with van der Waals surface area (Å²) in [5.41, 5.74) is 3.10. The SMILES string of the molecule is Cc1cnn(C)c1C(=O)N(C)CC1(c2ccccc2)CC1. The second-order valence-corrected chi connectivity index (χ2v) is 6.11. The van der Waals surface area contributed by atoms with E-state index in [1.807, 2.05) is 32.0 Å². The van der Waals surface area contributed by atoms with Crippen LogP contribution in [-0.2, 0) is 12.5 Å². The monoisotopic (exact) mass is 283 g/mol. The van der Waals surface area contributed by atoms with Gasteiger partial charge in [-0.2, -0.15) is 5.10 Å². The van der Waals surface area contributed by atoms with Crippen LogP contribution >= 0.6 is 0 Å². The molecule has 0 atom stereocenters. The van der Waals surface area contributed by atoms with Crippen LogP contribution in [0.25, 0.3) is 0 Å². The van der Waals surface area contributed by atoms with Gasteiger partial charge in [0.1, 0.15) is 5.69 Å². The fourth-order valence-corrected chi connectivity index (χ4v) is 3.04. The summed E-state index contributed by atoms with van der Waals surface area (Å²) in [7, 11) is 3.70. The zero-order chi connectivity index (χ0) is 15.0. The zero-order valence-corrected chi connectivity index (χ0v) is 12.8. The number of carbonyl (C=O) groups is 1. The number of aryl methyl sites for hydroxylation is 2. The predicted molar refractivity (Wildman–Crippen MR) is 82.3 cm³/mol. The van der Waals surface area contributed by atoms with Crippen molar-refractivity contribution in [1.29, 1.82) is 0 Å². The van der Waals surface area contributed by atoms with Crippen molar-refractivity contribution < 1.29 is 4.79 Å². The first-order valence-corrected chi connectivity index (χ1v) is 7.33. The third-order valence-corrected chi connectivity index (χ3v) is 4.45. The number of rotatable bonds is 4. The summed E-state index contributed by atoms with van der Waals surface area (Å²) in [6.45, 7) is 2.69. The average molecular weight is 283 g/mol. The van der Waals surface area contributed by atoms with Gasteiger partial charge >= 0.3 is 0 Å². The minimum atomic E-state index is 0.0507. The maximum Gasteiger partial charge on any atom is 0.272 e. The minimum absolute atomic E-state index is 0.0507. The van der Waals surface area contributed by atoms with Crippen LogP contribution in [-0.4, -0.2) is 34.2 Å². The molecule has 0 aliphatic heterocycles. The van der Waals surface area contributed by atoms with E-state index in [2.05, 4.69) is 29.4 Å². The molecule has 110 valence electrons. The molecule has 1 aromatic carbocycles. The molecule has 0 spiro atoms. The van der Waals surface area contributed by atoms with Gasteiger partial charge < -0.3 is 4.90 Å². The van der Waals surface area contributed by atoms with Gasteiger partial charge in [-0.3, -0.25) is 9.48 Å². The highest BCUT2D eigenvalue weighted by molar-refractivity contribution is 5.93. The molecule has 1 heterocycles. The van der Waals surface area contributed by atoms with Gasteiger partial charge in [0.05, 0.1) is 6.20 Å². The summed E-state index contributed by atoms with van der Waals surface area (Å²) in [4.78, 5) is 14.5. The van der Waals surface area contributed by atoms with E-state index in [9.17, 15) is 4.79 Å². The first kappa shape index (κ1) is 13.9. The van der Waals surface area contributed by atoms with Gasteiger partial charge in [0.2, 0.25) is 0 Å². The lowest BCUT2D eigenvalue weighted by molar-refractivity contribution is 0.0770. The molecule has 1 aromatic heterocycles. The highest BCUT2D eigenvalue weighted by Crippen LogP contribution is 2.48. The Bertz CT molecular complexity index is 636. The number of hydrogen-bond donors (Lipinski definition) is 0. The standard InChI is InChI=1S/C17H21N3O/c1-13-11-18-20(3)15(13)16(21)19(2)12-17(9-10-17)14-7-5-4-6-8-14/h4-8,11H,9-10,12H2,1-3H3. The van der Waals surface area contributed by atoms with Crippen molar-refractivity contribution in [2.75, 3.05) is 13.6 Å². The van der Waals surface area contributed by atoms with Crippen molar-refractivity contribution in [2.45, 2.75) is 25.2 Å². The van der Waals surface area contributed by atoms with Gasteiger partial charge in [0.25, 0.3) is 5.91 Å². The number of aromatic nitrogens is 2. The summed E-state index contributed by atoms with van der Waals surface area (Å²) < 4.78 is 1.66. The van der Waals surface area contributed by atoms with Gasteiger partial charge in [0, 0.05) is 26.1 Å². The van der Waals surface area contributed by atoms with Gasteiger partial charge in [-0.1, -0.05) is 30.3 Å². The zero-order valence-electron chi connectivity index (χ0n) is 12.8. The number of nitrogens with zero attached hydrogens (tertiary/aromatic N) is 3. The minimum Gasteiger partial charge on any atom is -0.339 e. The molecule has 1 saturated carbocycles. The van der Waals surface area contributed by atoms with E-state index in [1.165, 1.54) is 5.56 Å². The van der Waals surface area contributed by atoms with Crippen LogP contribution in [0.1, 0.15) is 34.5 Å². The van der Waals surface area contributed by atoms with Crippen molar-refractivity contribution in [3.05, 3.63) is 53.3 Å². The number of benzene rings is 1.